The van der Waals surface area contributed by atoms with E-state index in [0.29, 0.717) is 22.8 Å². The Morgan fingerprint density at radius 1 is 1.14 bits per heavy atom. The highest BCUT2D eigenvalue weighted by molar-refractivity contribution is 7.11. The summed E-state index contributed by atoms with van der Waals surface area (Å²) in [5.74, 6) is 0.788. The van der Waals surface area contributed by atoms with Gasteiger partial charge in [-0.2, -0.15) is 10.4 Å². The summed E-state index contributed by atoms with van der Waals surface area (Å²) in [6.07, 6.45) is 1.73. The van der Waals surface area contributed by atoms with Gasteiger partial charge in [-0.25, -0.2) is 14.1 Å². The summed E-state index contributed by atoms with van der Waals surface area (Å²) < 4.78 is 27.1. The molecular formula is C27H30FN5O3S. The van der Waals surface area contributed by atoms with Crippen LogP contribution >= 0.6 is 11.3 Å². The number of nitrogen functional groups attached to an aromatic ring is 1. The molecule has 0 radical (unpaired) electrons. The van der Waals surface area contributed by atoms with Crippen molar-refractivity contribution in [1.29, 1.82) is 5.26 Å². The monoisotopic (exact) mass is 523 g/mol. The number of anilines is 1. The first kappa shape index (κ1) is 27.6. The maximum absolute atomic E-state index is 14.1. The summed E-state index contributed by atoms with van der Waals surface area (Å²) in [5, 5.41) is 25.0. The molecule has 0 unspecified atom stereocenters. The average molecular weight is 524 g/mol. The number of nitriles is 1. The molecule has 0 aliphatic rings. The number of nitrogens with zero attached hydrogens (tertiary/aromatic N) is 4. The second-order valence-electron chi connectivity index (χ2n) is 8.57. The maximum Gasteiger partial charge on any atom is 0.140 e. The molecule has 0 atom stereocenters. The van der Waals surface area contributed by atoms with E-state index < -0.39 is 11.4 Å². The van der Waals surface area contributed by atoms with Gasteiger partial charge in [-0.15, -0.1) is 11.3 Å². The van der Waals surface area contributed by atoms with Crippen LogP contribution in [0.15, 0.2) is 48.7 Å². The van der Waals surface area contributed by atoms with E-state index in [-0.39, 0.29) is 30.3 Å². The van der Waals surface area contributed by atoms with Gasteiger partial charge in [0.15, 0.2) is 0 Å². The van der Waals surface area contributed by atoms with Crippen molar-refractivity contribution in [1.82, 2.24) is 14.8 Å². The van der Waals surface area contributed by atoms with Gasteiger partial charge in [-0.1, -0.05) is 13.8 Å². The highest BCUT2D eigenvalue weighted by Gasteiger charge is 2.22. The zero-order valence-electron chi connectivity index (χ0n) is 21.4. The van der Waals surface area contributed by atoms with Crippen LogP contribution in [-0.4, -0.2) is 25.5 Å². The fourth-order valence-corrected chi connectivity index (χ4v) is 4.11. The Balaban J connectivity index is 0.00000186. The van der Waals surface area contributed by atoms with Crippen molar-refractivity contribution >= 4 is 17.2 Å². The number of rotatable bonds is 8. The van der Waals surface area contributed by atoms with Crippen LogP contribution in [0.5, 0.6) is 17.2 Å². The fourth-order valence-electron chi connectivity index (χ4n) is 3.40. The minimum Gasteiger partial charge on any atom is -0.488 e. The molecule has 0 bridgehead atoms. The Bertz CT molecular complexity index is 1380. The van der Waals surface area contributed by atoms with Gasteiger partial charge in [-0.05, 0) is 45.0 Å². The van der Waals surface area contributed by atoms with Crippen molar-refractivity contribution in [2.75, 3.05) is 5.73 Å². The molecule has 0 amide bonds. The van der Waals surface area contributed by atoms with Crippen LogP contribution in [0.25, 0.3) is 11.3 Å². The average Bonchev–Trinajstić information content (AvgIpc) is 3.40. The number of aryl methyl sites for hydroxylation is 1. The molecule has 0 saturated heterocycles. The van der Waals surface area contributed by atoms with E-state index in [1.807, 2.05) is 20.8 Å². The van der Waals surface area contributed by atoms with Gasteiger partial charge >= 0.3 is 0 Å². The van der Waals surface area contributed by atoms with Crippen molar-refractivity contribution in [3.05, 3.63) is 69.9 Å². The molecule has 37 heavy (non-hydrogen) atoms. The summed E-state index contributed by atoms with van der Waals surface area (Å²) in [6, 6.07) is 13.1. The number of nitrogens with two attached hydrogens (primary N) is 1. The van der Waals surface area contributed by atoms with Crippen molar-refractivity contribution < 1.29 is 19.0 Å². The lowest BCUT2D eigenvalue weighted by atomic mass is 10.1. The zero-order valence-corrected chi connectivity index (χ0v) is 22.3. The summed E-state index contributed by atoms with van der Waals surface area (Å²) >= 11 is 1.52. The smallest absolute Gasteiger partial charge is 0.140 e. The number of halogens is 1. The first-order valence-corrected chi connectivity index (χ1v) is 12.5. The predicted octanol–water partition coefficient (Wildman–Crippen LogP) is 6.08. The van der Waals surface area contributed by atoms with Gasteiger partial charge in [0.05, 0.1) is 22.0 Å². The molecule has 2 aromatic carbocycles. The molecular weight excluding hydrogens is 493 g/mol. The lowest BCUT2D eigenvalue weighted by molar-refractivity contribution is 0.0585. The fraction of sp³-hybridized carbons (Fsp3) is 0.296. The van der Waals surface area contributed by atoms with E-state index in [1.54, 1.807) is 50.4 Å². The van der Waals surface area contributed by atoms with Crippen LogP contribution in [0.4, 0.5) is 10.2 Å². The topological polar surface area (TPSA) is 119 Å². The molecule has 0 saturated carbocycles. The van der Waals surface area contributed by atoms with Crippen LogP contribution < -0.4 is 15.2 Å². The van der Waals surface area contributed by atoms with E-state index in [2.05, 4.69) is 16.2 Å². The van der Waals surface area contributed by atoms with E-state index in [9.17, 15) is 14.8 Å². The number of hydrogen-bond donors (Lipinski definition) is 2. The molecule has 0 fully saturated rings. The third kappa shape index (κ3) is 7.29. The lowest BCUT2D eigenvalue weighted by Crippen LogP contribution is -2.27. The van der Waals surface area contributed by atoms with Crippen LogP contribution in [-0.2, 0) is 13.2 Å². The predicted molar refractivity (Wildman–Crippen MR) is 142 cm³/mol. The zero-order chi connectivity index (χ0) is 27.2. The Labute approximate surface area is 219 Å². The van der Waals surface area contributed by atoms with Crippen LogP contribution in [0.2, 0.25) is 0 Å². The molecule has 0 spiro atoms. The van der Waals surface area contributed by atoms with Crippen molar-refractivity contribution in [3.8, 4) is 34.6 Å². The van der Waals surface area contributed by atoms with Gasteiger partial charge in [-0.3, -0.25) is 0 Å². The molecule has 4 aromatic rings. The van der Waals surface area contributed by atoms with Gasteiger partial charge in [0.25, 0.3) is 0 Å². The van der Waals surface area contributed by atoms with Crippen molar-refractivity contribution in [2.24, 2.45) is 0 Å². The van der Waals surface area contributed by atoms with Gasteiger partial charge < -0.3 is 20.3 Å². The molecule has 2 heterocycles. The molecule has 10 heteroatoms. The second kappa shape index (κ2) is 11.9. The minimum absolute atomic E-state index is 0.140. The lowest BCUT2D eigenvalue weighted by Gasteiger charge is -2.17. The largest absolute Gasteiger partial charge is 0.488 e. The van der Waals surface area contributed by atoms with E-state index in [4.69, 9.17) is 15.2 Å². The Kier molecular flexibility index (Phi) is 8.86. The molecule has 4 rings (SSSR count). The first-order valence-electron chi connectivity index (χ1n) is 11.7. The summed E-state index contributed by atoms with van der Waals surface area (Å²) in [5.41, 5.74) is 6.31. The van der Waals surface area contributed by atoms with Crippen molar-refractivity contribution in [3.63, 3.8) is 0 Å². The summed E-state index contributed by atoms with van der Waals surface area (Å²) in [7, 11) is 0. The molecule has 0 aliphatic heterocycles. The normalized spacial score (nSPS) is 10.9. The Hall–Kier alpha value is -3.94. The quantitative estimate of drug-likeness (QED) is 0.287. The highest BCUT2D eigenvalue weighted by Crippen LogP contribution is 2.32. The molecule has 2 aromatic heterocycles. The van der Waals surface area contributed by atoms with Crippen molar-refractivity contribution in [2.45, 2.75) is 53.4 Å². The molecule has 3 N–H and O–H groups in total. The maximum atomic E-state index is 14.1. The number of hydrogen-bond acceptors (Lipinski definition) is 8. The molecule has 194 valence electrons. The third-order valence-corrected chi connectivity index (χ3v) is 5.79. The number of aromatic nitrogens is 3. The first-order chi connectivity index (χ1) is 17.6. The van der Waals surface area contributed by atoms with Gasteiger partial charge in [0.2, 0.25) is 0 Å². The van der Waals surface area contributed by atoms with Crippen LogP contribution in [0.3, 0.4) is 0 Å². The van der Waals surface area contributed by atoms with Crippen LogP contribution in [0.1, 0.15) is 43.1 Å². The minimum atomic E-state index is -1.05. The summed E-state index contributed by atoms with van der Waals surface area (Å²) in [6.45, 7) is 9.60. The van der Waals surface area contributed by atoms with Crippen LogP contribution in [0, 0.1) is 24.1 Å². The molecule has 0 aliphatic carbocycles. The Morgan fingerprint density at radius 2 is 1.81 bits per heavy atom. The number of benzene rings is 2. The summed E-state index contributed by atoms with van der Waals surface area (Å²) in [4.78, 5) is 5.12. The number of thiazole rings is 1. The molecule has 8 nitrogen and oxygen atoms in total. The van der Waals surface area contributed by atoms with E-state index in [0.717, 1.165) is 9.88 Å². The number of aliphatic hydroxyl groups is 1. The third-order valence-electron chi connectivity index (χ3n) is 4.90. The van der Waals surface area contributed by atoms with Gasteiger partial charge in [0.1, 0.15) is 52.8 Å². The standard InChI is InChI=1S/C25H24FN5O3S.C2H6/c1-15-29-12-21(35-15)13-33-19-8-17(26)9-20(10-19)34-18-6-4-16(5-7-18)23-22(11-27)24(28)31(30-23)14-25(2,3)32;1-2/h4-10,12,32H,13-14,28H2,1-3H3;1-2H3. The SMILES string of the molecule is CC.Cc1ncc(COc2cc(F)cc(Oc3ccc(-c4nn(CC(C)(C)O)c(N)c4C#N)cc3)c2)s1. The second-order valence-corrected chi connectivity index (χ2v) is 9.89. The van der Waals surface area contributed by atoms with E-state index >= 15 is 0 Å². The number of ether oxygens (including phenoxy) is 2. The Morgan fingerprint density at radius 3 is 2.41 bits per heavy atom. The van der Waals surface area contributed by atoms with E-state index in [1.165, 1.54) is 28.2 Å². The highest BCUT2D eigenvalue weighted by atomic mass is 32.1. The van der Waals surface area contributed by atoms with Gasteiger partial charge in [0, 0.05) is 30.0 Å².